The number of carbonyl (C=O) groups is 2. The molecule has 1 aromatic carbocycles. The number of hydrogen-bond acceptors (Lipinski definition) is 4. The molecule has 6 nitrogen and oxygen atoms in total. The molecule has 0 bridgehead atoms. The first-order chi connectivity index (χ1) is 13.9. The summed E-state index contributed by atoms with van der Waals surface area (Å²) in [6.07, 6.45) is -6.63. The highest BCUT2D eigenvalue weighted by Crippen LogP contribution is 2.35. The number of amides is 2. The molecule has 160 valence electrons. The Hall–Kier alpha value is -2.72. The highest BCUT2D eigenvalue weighted by molar-refractivity contribution is 6.31. The van der Waals surface area contributed by atoms with Crippen LogP contribution in [0.5, 0.6) is 0 Å². The van der Waals surface area contributed by atoms with Crippen molar-refractivity contribution in [3.8, 4) is 0 Å². The standard InChI is InChI=1S/C19H16ClF4N3O3/c1-9-5-10(19(22,23)24)6-15(25-9)27-16(29)8-14(28)17(27)18(30)26(2)11-3-4-13(21)12(20)7-11/h3-7,14,17,28H,8H2,1-2H3/t14-,17+/m1/s1. The summed E-state index contributed by atoms with van der Waals surface area (Å²) < 4.78 is 53.0. The molecule has 0 unspecified atom stereocenters. The van der Waals surface area contributed by atoms with E-state index in [4.69, 9.17) is 11.6 Å². The number of halogens is 5. The van der Waals surface area contributed by atoms with Crippen molar-refractivity contribution >= 4 is 34.9 Å². The zero-order valence-corrected chi connectivity index (χ0v) is 16.5. The van der Waals surface area contributed by atoms with Crippen molar-refractivity contribution in [2.45, 2.75) is 31.7 Å². The van der Waals surface area contributed by atoms with Crippen LogP contribution >= 0.6 is 11.6 Å². The van der Waals surface area contributed by atoms with E-state index in [2.05, 4.69) is 4.98 Å². The minimum atomic E-state index is -4.69. The second-order valence-electron chi connectivity index (χ2n) is 6.83. The molecule has 2 amide bonds. The molecule has 2 aromatic rings. The minimum absolute atomic E-state index is 0.0149. The molecule has 1 fully saturated rings. The molecule has 1 N–H and O–H groups in total. The van der Waals surface area contributed by atoms with Crippen LogP contribution in [0.25, 0.3) is 0 Å². The van der Waals surface area contributed by atoms with Gasteiger partial charge < -0.3 is 10.0 Å². The number of likely N-dealkylation sites (N-methyl/N-ethyl adjacent to an activating group) is 1. The highest BCUT2D eigenvalue weighted by Gasteiger charge is 2.47. The van der Waals surface area contributed by atoms with Crippen molar-refractivity contribution in [2.75, 3.05) is 16.8 Å². The molecule has 0 saturated carbocycles. The molecule has 1 aromatic heterocycles. The Labute approximate surface area is 173 Å². The highest BCUT2D eigenvalue weighted by atomic mass is 35.5. The van der Waals surface area contributed by atoms with Gasteiger partial charge in [-0.05, 0) is 37.3 Å². The molecule has 30 heavy (non-hydrogen) atoms. The normalized spacial score (nSPS) is 19.3. The molecule has 11 heteroatoms. The molecule has 0 spiro atoms. The van der Waals surface area contributed by atoms with Gasteiger partial charge in [0.1, 0.15) is 17.7 Å². The second kappa shape index (κ2) is 7.84. The van der Waals surface area contributed by atoms with Crippen LogP contribution < -0.4 is 9.80 Å². The summed E-state index contributed by atoms with van der Waals surface area (Å²) in [6.45, 7) is 1.32. The molecule has 1 saturated heterocycles. The van der Waals surface area contributed by atoms with E-state index in [9.17, 15) is 32.3 Å². The second-order valence-corrected chi connectivity index (χ2v) is 7.24. The maximum atomic E-state index is 13.4. The van der Waals surface area contributed by atoms with Crippen LogP contribution in [0.3, 0.4) is 0 Å². The Kier molecular flexibility index (Phi) is 5.74. The average Bonchev–Trinajstić information content (AvgIpc) is 2.95. The molecule has 3 rings (SSSR count). The van der Waals surface area contributed by atoms with E-state index in [0.29, 0.717) is 6.07 Å². The fourth-order valence-electron chi connectivity index (χ4n) is 3.22. The number of rotatable bonds is 3. The smallest absolute Gasteiger partial charge is 0.390 e. The number of aliphatic hydroxyl groups excluding tert-OH is 1. The van der Waals surface area contributed by atoms with Gasteiger partial charge in [0.25, 0.3) is 5.91 Å². The molecule has 2 atom stereocenters. The lowest BCUT2D eigenvalue weighted by Gasteiger charge is -2.29. The van der Waals surface area contributed by atoms with Gasteiger partial charge in [0.15, 0.2) is 0 Å². The summed E-state index contributed by atoms with van der Waals surface area (Å²) in [6, 6.07) is 3.42. The number of anilines is 2. The van der Waals surface area contributed by atoms with Gasteiger partial charge >= 0.3 is 6.18 Å². The van der Waals surface area contributed by atoms with Crippen LogP contribution in [0.15, 0.2) is 30.3 Å². The molecule has 1 aliphatic rings. The van der Waals surface area contributed by atoms with Crippen molar-refractivity contribution < 1.29 is 32.3 Å². The number of alkyl halides is 3. The topological polar surface area (TPSA) is 73.7 Å². The fraction of sp³-hybridized carbons (Fsp3) is 0.316. The molecule has 0 aliphatic carbocycles. The van der Waals surface area contributed by atoms with Crippen LogP contribution in [-0.2, 0) is 15.8 Å². The number of aryl methyl sites for hydroxylation is 1. The van der Waals surface area contributed by atoms with E-state index in [1.54, 1.807) is 0 Å². The van der Waals surface area contributed by atoms with Gasteiger partial charge in [-0.1, -0.05) is 11.6 Å². The van der Waals surface area contributed by atoms with Gasteiger partial charge in [-0.3, -0.25) is 14.5 Å². The maximum Gasteiger partial charge on any atom is 0.416 e. The maximum absolute atomic E-state index is 13.4. The van der Waals surface area contributed by atoms with Crippen LogP contribution in [0.1, 0.15) is 17.7 Å². The molecule has 0 radical (unpaired) electrons. The first-order valence-corrected chi connectivity index (χ1v) is 9.06. The van der Waals surface area contributed by atoms with Crippen LogP contribution in [0.2, 0.25) is 5.02 Å². The lowest BCUT2D eigenvalue weighted by atomic mass is 10.1. The third-order valence-electron chi connectivity index (χ3n) is 4.68. The zero-order chi connectivity index (χ0) is 22.4. The largest absolute Gasteiger partial charge is 0.416 e. The Bertz CT molecular complexity index is 1020. The summed E-state index contributed by atoms with van der Waals surface area (Å²) >= 11 is 5.73. The Balaban J connectivity index is 2.01. The number of aromatic nitrogens is 1. The summed E-state index contributed by atoms with van der Waals surface area (Å²) in [4.78, 5) is 31.2. The van der Waals surface area contributed by atoms with Crippen LogP contribution in [0.4, 0.5) is 29.1 Å². The molecular formula is C19H16ClF4N3O3. The number of aliphatic hydroxyl groups is 1. The van der Waals surface area contributed by atoms with Gasteiger partial charge in [-0.15, -0.1) is 0 Å². The quantitative estimate of drug-likeness (QED) is 0.735. The van der Waals surface area contributed by atoms with E-state index < -0.39 is 53.8 Å². The molecule has 2 heterocycles. The molecular weight excluding hydrogens is 430 g/mol. The predicted octanol–water partition coefficient (Wildman–Crippen LogP) is 3.33. The van der Waals surface area contributed by atoms with Gasteiger partial charge in [0.2, 0.25) is 5.91 Å². The summed E-state index contributed by atoms with van der Waals surface area (Å²) in [5.74, 6) is -2.65. The average molecular weight is 446 g/mol. The van der Waals surface area contributed by atoms with E-state index in [1.165, 1.54) is 26.1 Å². The van der Waals surface area contributed by atoms with E-state index >= 15 is 0 Å². The number of pyridine rings is 1. The summed E-state index contributed by atoms with van der Waals surface area (Å²) in [5.41, 5.74) is -0.881. The molecule has 1 aliphatic heterocycles. The first-order valence-electron chi connectivity index (χ1n) is 8.68. The van der Waals surface area contributed by atoms with E-state index in [0.717, 1.165) is 21.9 Å². The third kappa shape index (κ3) is 4.10. The Morgan fingerprint density at radius 1 is 1.30 bits per heavy atom. The first kappa shape index (κ1) is 22.0. The number of benzene rings is 1. The van der Waals surface area contributed by atoms with Crippen molar-refractivity contribution in [3.63, 3.8) is 0 Å². The van der Waals surface area contributed by atoms with Crippen molar-refractivity contribution in [2.24, 2.45) is 0 Å². The summed E-state index contributed by atoms with van der Waals surface area (Å²) in [5, 5.41) is 10.1. The van der Waals surface area contributed by atoms with E-state index in [-0.39, 0.29) is 16.4 Å². The fourth-order valence-corrected chi connectivity index (χ4v) is 3.39. The monoisotopic (exact) mass is 445 g/mol. The van der Waals surface area contributed by atoms with Crippen molar-refractivity contribution in [1.82, 2.24) is 4.98 Å². The predicted molar refractivity (Wildman–Crippen MR) is 101 cm³/mol. The number of carbonyl (C=O) groups excluding carboxylic acids is 2. The van der Waals surface area contributed by atoms with Crippen molar-refractivity contribution in [3.05, 3.63) is 52.4 Å². The SMILES string of the molecule is Cc1cc(C(F)(F)F)cc(N2C(=O)C[C@@H](O)[C@H]2C(=O)N(C)c2ccc(F)c(Cl)c2)n1. The third-order valence-corrected chi connectivity index (χ3v) is 4.97. The Morgan fingerprint density at radius 3 is 2.57 bits per heavy atom. The van der Waals surface area contributed by atoms with Gasteiger partial charge in [-0.2, -0.15) is 13.2 Å². The minimum Gasteiger partial charge on any atom is -0.390 e. The lowest BCUT2D eigenvalue weighted by Crippen LogP contribution is -2.50. The zero-order valence-electron chi connectivity index (χ0n) is 15.7. The lowest BCUT2D eigenvalue weighted by molar-refractivity contribution is -0.137. The van der Waals surface area contributed by atoms with Crippen molar-refractivity contribution in [1.29, 1.82) is 0 Å². The van der Waals surface area contributed by atoms with Crippen LogP contribution in [-0.4, -0.2) is 41.1 Å². The number of hydrogen-bond donors (Lipinski definition) is 1. The number of nitrogens with zero attached hydrogens (tertiary/aromatic N) is 3. The summed E-state index contributed by atoms with van der Waals surface area (Å²) in [7, 11) is 1.31. The van der Waals surface area contributed by atoms with Gasteiger partial charge in [0, 0.05) is 18.4 Å². The van der Waals surface area contributed by atoms with Gasteiger partial charge in [-0.25, -0.2) is 9.37 Å². The van der Waals surface area contributed by atoms with Gasteiger partial charge in [0.05, 0.1) is 23.1 Å². The van der Waals surface area contributed by atoms with E-state index in [1.807, 2.05) is 0 Å². The Morgan fingerprint density at radius 2 is 1.97 bits per heavy atom. The van der Waals surface area contributed by atoms with Crippen LogP contribution in [0, 0.1) is 12.7 Å².